The lowest BCUT2D eigenvalue weighted by Crippen LogP contribution is -2.24. The van der Waals surface area contributed by atoms with Crippen LogP contribution in [0.25, 0.3) is 10.9 Å². The number of fused-ring (bicyclic) bond motifs is 1. The van der Waals surface area contributed by atoms with Crippen LogP contribution in [0, 0.1) is 11.3 Å². The van der Waals surface area contributed by atoms with Gasteiger partial charge in [-0.15, -0.1) is 0 Å². The summed E-state index contributed by atoms with van der Waals surface area (Å²) < 4.78 is 27.2. The summed E-state index contributed by atoms with van der Waals surface area (Å²) in [4.78, 5) is 3.09. The van der Waals surface area contributed by atoms with Crippen molar-refractivity contribution in [2.75, 3.05) is 0 Å². The number of benzene rings is 2. The van der Waals surface area contributed by atoms with E-state index in [4.69, 9.17) is 16.9 Å². The normalized spacial score (nSPS) is 11.5. The van der Waals surface area contributed by atoms with Gasteiger partial charge in [0.15, 0.2) is 0 Å². The lowest BCUT2D eigenvalue weighted by molar-refractivity contribution is 0.580. The van der Waals surface area contributed by atoms with Gasteiger partial charge in [-0.3, -0.25) is 0 Å². The van der Waals surface area contributed by atoms with Crippen LogP contribution in [0.5, 0.6) is 0 Å². The molecule has 3 rings (SSSR count). The van der Waals surface area contributed by atoms with E-state index in [-0.39, 0.29) is 18.7 Å². The van der Waals surface area contributed by atoms with Gasteiger partial charge in [-0.05, 0) is 41.0 Å². The third kappa shape index (κ3) is 4.40. The fourth-order valence-corrected chi connectivity index (χ4v) is 3.85. The zero-order valence-electron chi connectivity index (χ0n) is 13.3. The maximum absolute atomic E-state index is 12.3. The largest absolute Gasteiger partial charge is 0.361 e. The molecule has 0 saturated carbocycles. The first-order chi connectivity index (χ1) is 12.0. The highest BCUT2D eigenvalue weighted by Crippen LogP contribution is 2.21. The van der Waals surface area contributed by atoms with Gasteiger partial charge in [-0.25, -0.2) is 13.1 Å². The van der Waals surface area contributed by atoms with Crippen molar-refractivity contribution in [2.24, 2.45) is 0 Å². The zero-order chi connectivity index (χ0) is 17.9. The molecule has 0 saturated heterocycles. The van der Waals surface area contributed by atoms with Gasteiger partial charge >= 0.3 is 0 Å². The Kier molecular flexibility index (Phi) is 5.09. The molecule has 2 N–H and O–H groups in total. The van der Waals surface area contributed by atoms with Crippen molar-refractivity contribution in [3.8, 4) is 6.07 Å². The Labute approximate surface area is 151 Å². The maximum Gasteiger partial charge on any atom is 0.216 e. The van der Waals surface area contributed by atoms with Crippen molar-refractivity contribution < 1.29 is 8.42 Å². The second kappa shape index (κ2) is 7.28. The average Bonchev–Trinajstić information content (AvgIpc) is 2.97. The smallest absolute Gasteiger partial charge is 0.216 e. The molecule has 0 bridgehead atoms. The van der Waals surface area contributed by atoms with Crippen LogP contribution in [0.2, 0.25) is 5.02 Å². The molecule has 0 radical (unpaired) electrons. The number of nitriles is 1. The van der Waals surface area contributed by atoms with Gasteiger partial charge in [-0.1, -0.05) is 29.8 Å². The molecule has 3 aromatic rings. The van der Waals surface area contributed by atoms with Gasteiger partial charge in [0.2, 0.25) is 10.0 Å². The molecule has 0 unspecified atom stereocenters. The molecule has 128 valence electrons. The summed E-state index contributed by atoms with van der Waals surface area (Å²) in [7, 11) is -3.48. The SMILES string of the molecule is N#CCc1c[nH]c2ccc(CS(=O)(=O)NCc3ccc(Cl)cc3)cc12. The Bertz CT molecular complexity index is 1030. The molecule has 0 amide bonds. The van der Waals surface area contributed by atoms with Gasteiger partial charge in [0, 0.05) is 28.7 Å². The first-order valence-corrected chi connectivity index (χ1v) is 9.67. The lowest BCUT2D eigenvalue weighted by Gasteiger charge is -2.08. The van der Waals surface area contributed by atoms with Crippen LogP contribution in [-0.2, 0) is 28.7 Å². The molecule has 0 atom stereocenters. The second-order valence-corrected chi connectivity index (χ2v) is 7.98. The van der Waals surface area contributed by atoms with E-state index in [0.717, 1.165) is 22.0 Å². The molecule has 7 heteroatoms. The number of aromatic nitrogens is 1. The molecule has 0 aliphatic rings. The van der Waals surface area contributed by atoms with Crippen molar-refractivity contribution in [2.45, 2.75) is 18.7 Å². The monoisotopic (exact) mass is 373 g/mol. The highest BCUT2D eigenvalue weighted by molar-refractivity contribution is 7.88. The second-order valence-electron chi connectivity index (χ2n) is 5.74. The molecule has 0 fully saturated rings. The van der Waals surface area contributed by atoms with E-state index < -0.39 is 10.0 Å². The van der Waals surface area contributed by atoms with E-state index in [1.807, 2.05) is 12.1 Å². The van der Waals surface area contributed by atoms with E-state index in [1.54, 1.807) is 36.5 Å². The summed E-state index contributed by atoms with van der Waals surface area (Å²) in [5, 5.41) is 10.4. The number of sulfonamides is 1. The molecule has 0 aliphatic heterocycles. The van der Waals surface area contributed by atoms with Crippen LogP contribution in [0.1, 0.15) is 16.7 Å². The summed E-state index contributed by atoms with van der Waals surface area (Å²) in [6.07, 6.45) is 2.07. The van der Waals surface area contributed by atoms with Crippen LogP contribution in [-0.4, -0.2) is 13.4 Å². The molecule has 0 spiro atoms. The van der Waals surface area contributed by atoms with Crippen molar-refractivity contribution in [3.05, 3.63) is 70.4 Å². The third-order valence-electron chi connectivity index (χ3n) is 3.87. The Morgan fingerprint density at radius 1 is 1.12 bits per heavy atom. The number of rotatable bonds is 6. The van der Waals surface area contributed by atoms with Crippen LogP contribution >= 0.6 is 11.6 Å². The standard InChI is InChI=1S/C18H16ClN3O2S/c19-16-4-1-13(2-5-16)10-22-25(23,24)12-14-3-6-18-17(9-14)15(7-8-20)11-21-18/h1-6,9,11,21-22H,7,10,12H2. The zero-order valence-corrected chi connectivity index (χ0v) is 14.9. The lowest BCUT2D eigenvalue weighted by atomic mass is 10.1. The number of hydrogen-bond donors (Lipinski definition) is 2. The Hall–Kier alpha value is -2.33. The van der Waals surface area contributed by atoms with E-state index >= 15 is 0 Å². The third-order valence-corrected chi connectivity index (χ3v) is 5.42. The molecular weight excluding hydrogens is 358 g/mol. The Morgan fingerprint density at radius 3 is 2.56 bits per heavy atom. The predicted molar refractivity (Wildman–Crippen MR) is 98.5 cm³/mol. The molecule has 25 heavy (non-hydrogen) atoms. The first kappa shape index (κ1) is 17.5. The van der Waals surface area contributed by atoms with Crippen LogP contribution in [0.4, 0.5) is 0 Å². The van der Waals surface area contributed by atoms with Gasteiger partial charge in [0.05, 0.1) is 18.2 Å². The van der Waals surface area contributed by atoms with Crippen molar-refractivity contribution in [3.63, 3.8) is 0 Å². The number of nitrogens with one attached hydrogen (secondary N) is 2. The fourth-order valence-electron chi connectivity index (χ4n) is 2.61. The van der Waals surface area contributed by atoms with E-state index in [1.165, 1.54) is 0 Å². The Balaban J connectivity index is 1.73. The van der Waals surface area contributed by atoms with Crippen LogP contribution < -0.4 is 4.72 Å². The highest BCUT2D eigenvalue weighted by Gasteiger charge is 2.13. The number of aromatic amines is 1. The van der Waals surface area contributed by atoms with Crippen molar-refractivity contribution >= 4 is 32.5 Å². The molecule has 0 aliphatic carbocycles. The summed E-state index contributed by atoms with van der Waals surface area (Å²) in [5.41, 5.74) is 3.27. The van der Waals surface area contributed by atoms with Gasteiger partial charge in [0.25, 0.3) is 0 Å². The summed E-state index contributed by atoms with van der Waals surface area (Å²) in [6.45, 7) is 0.214. The number of hydrogen-bond acceptors (Lipinski definition) is 3. The van der Waals surface area contributed by atoms with Crippen LogP contribution in [0.3, 0.4) is 0 Å². The van der Waals surface area contributed by atoms with Crippen molar-refractivity contribution in [1.29, 1.82) is 5.26 Å². The summed E-state index contributed by atoms with van der Waals surface area (Å²) in [5.74, 6) is -0.117. The quantitative estimate of drug-likeness (QED) is 0.693. The van der Waals surface area contributed by atoms with E-state index in [9.17, 15) is 8.42 Å². The first-order valence-electron chi connectivity index (χ1n) is 7.64. The minimum atomic E-state index is -3.48. The molecule has 5 nitrogen and oxygen atoms in total. The maximum atomic E-state index is 12.3. The number of nitrogens with zero attached hydrogens (tertiary/aromatic N) is 1. The molecule has 1 aromatic heterocycles. The van der Waals surface area contributed by atoms with Crippen LogP contribution in [0.15, 0.2) is 48.7 Å². The minimum Gasteiger partial charge on any atom is -0.361 e. The van der Waals surface area contributed by atoms with Gasteiger partial charge in [0.1, 0.15) is 0 Å². The predicted octanol–water partition coefficient (Wildman–Crippen LogP) is 3.51. The average molecular weight is 374 g/mol. The van der Waals surface area contributed by atoms with Gasteiger partial charge < -0.3 is 4.98 Å². The van der Waals surface area contributed by atoms with Crippen molar-refractivity contribution in [1.82, 2.24) is 9.71 Å². The van der Waals surface area contributed by atoms with E-state index in [0.29, 0.717) is 10.6 Å². The number of halogens is 1. The molecular formula is C18H16ClN3O2S. The highest BCUT2D eigenvalue weighted by atomic mass is 35.5. The van der Waals surface area contributed by atoms with Gasteiger partial charge in [-0.2, -0.15) is 5.26 Å². The summed E-state index contributed by atoms with van der Waals surface area (Å²) >= 11 is 5.82. The fraction of sp³-hybridized carbons (Fsp3) is 0.167. The topological polar surface area (TPSA) is 85.8 Å². The number of H-pyrrole nitrogens is 1. The summed E-state index contributed by atoms with van der Waals surface area (Å²) in [6, 6.07) is 14.6. The minimum absolute atomic E-state index is 0.117. The molecule has 1 heterocycles. The van der Waals surface area contributed by atoms with E-state index in [2.05, 4.69) is 15.8 Å². The molecule has 2 aromatic carbocycles. The Morgan fingerprint density at radius 2 is 1.84 bits per heavy atom.